The van der Waals surface area contributed by atoms with Gasteiger partial charge in [-0.1, -0.05) is 36.7 Å². The van der Waals surface area contributed by atoms with Crippen molar-refractivity contribution in [2.24, 2.45) is 5.73 Å². The molecule has 0 heterocycles. The Labute approximate surface area is 115 Å². The van der Waals surface area contributed by atoms with Crippen molar-refractivity contribution in [2.45, 2.75) is 26.1 Å². The zero-order chi connectivity index (χ0) is 15.0. The molecule has 4 N–H and O–H groups in total. The molecule has 0 saturated heterocycles. The van der Waals surface area contributed by atoms with E-state index in [2.05, 4.69) is 10.5 Å². The maximum Gasteiger partial charge on any atom is 0.402 e. The van der Waals surface area contributed by atoms with Gasteiger partial charge >= 0.3 is 12.1 Å². The molecule has 19 heavy (non-hydrogen) atoms. The number of esters is 1. The molecule has 1 amide bonds. The molecule has 0 fully saturated rings. The number of aliphatic hydroxyl groups is 1. The highest BCUT2D eigenvalue weighted by Crippen LogP contribution is 2.26. The number of halogens is 1. The van der Waals surface area contributed by atoms with Gasteiger partial charge in [-0.15, -0.1) is 0 Å². The summed E-state index contributed by atoms with van der Waals surface area (Å²) in [6, 6.07) is 7.14. The molecule has 6 nitrogen and oxygen atoms in total. The molecule has 0 bridgehead atoms. The maximum atomic E-state index is 10.7. The molecule has 0 aliphatic carbocycles. The van der Waals surface area contributed by atoms with Crippen LogP contribution in [0.15, 0.2) is 24.3 Å². The third kappa shape index (κ3) is 7.28. The van der Waals surface area contributed by atoms with Crippen LogP contribution in [0.25, 0.3) is 0 Å². The van der Waals surface area contributed by atoms with Crippen molar-refractivity contribution in [3.8, 4) is 0 Å². The quantitative estimate of drug-likeness (QED) is 0.582. The number of hydrogen-bond donors (Lipinski definition) is 3. The fraction of sp³-hybridized carbons (Fsp3) is 0.333. The van der Waals surface area contributed by atoms with E-state index in [0.29, 0.717) is 5.02 Å². The number of ether oxygens (including phenoxy) is 1. The Bertz CT molecular complexity index is 434. The van der Waals surface area contributed by atoms with Crippen molar-refractivity contribution >= 4 is 23.7 Å². The van der Waals surface area contributed by atoms with Crippen molar-refractivity contribution < 1.29 is 24.5 Å². The Balaban J connectivity index is 0.000000711. The van der Waals surface area contributed by atoms with Crippen LogP contribution in [0.1, 0.15) is 25.3 Å². The Hall–Kier alpha value is -1.79. The molecule has 2 atom stereocenters. The molecule has 0 radical (unpaired) electrons. The molecule has 2 unspecified atom stereocenters. The lowest BCUT2D eigenvalue weighted by Crippen LogP contribution is -2.22. The van der Waals surface area contributed by atoms with Gasteiger partial charge in [-0.3, -0.25) is 4.79 Å². The Morgan fingerprint density at radius 1 is 1.37 bits per heavy atom. The van der Waals surface area contributed by atoms with E-state index in [9.17, 15) is 9.90 Å². The number of carbonyl (C=O) groups excluding carboxylic acids is 1. The van der Waals surface area contributed by atoms with Crippen LogP contribution in [0.2, 0.25) is 5.02 Å². The van der Waals surface area contributed by atoms with Crippen molar-refractivity contribution in [1.82, 2.24) is 0 Å². The van der Waals surface area contributed by atoms with Gasteiger partial charge in [0.25, 0.3) is 0 Å². The number of amides is 1. The lowest BCUT2D eigenvalue weighted by atomic mass is 10.0. The second-order valence-corrected chi connectivity index (χ2v) is 4.06. The fourth-order valence-electron chi connectivity index (χ4n) is 1.27. The van der Waals surface area contributed by atoms with Crippen LogP contribution in [0.5, 0.6) is 0 Å². The molecular weight excluding hydrogens is 274 g/mol. The van der Waals surface area contributed by atoms with Crippen molar-refractivity contribution in [3.05, 3.63) is 34.9 Å². The second kappa shape index (κ2) is 8.34. The number of aliphatic hydroxyl groups excluding tert-OH is 1. The highest BCUT2D eigenvalue weighted by atomic mass is 35.5. The van der Waals surface area contributed by atoms with Crippen molar-refractivity contribution in [2.75, 3.05) is 0 Å². The molecule has 0 aromatic heterocycles. The highest BCUT2D eigenvalue weighted by Gasteiger charge is 2.20. The summed E-state index contributed by atoms with van der Waals surface area (Å²) in [5, 5.41) is 17.3. The zero-order valence-electron chi connectivity index (χ0n) is 10.5. The Morgan fingerprint density at radius 2 is 1.84 bits per heavy atom. The van der Waals surface area contributed by atoms with Gasteiger partial charge in [-0.05, 0) is 11.6 Å². The van der Waals surface area contributed by atoms with Crippen molar-refractivity contribution in [3.63, 3.8) is 0 Å². The summed E-state index contributed by atoms with van der Waals surface area (Å²) in [5.74, 6) is -0.857. The van der Waals surface area contributed by atoms with E-state index in [-0.39, 0.29) is 5.92 Å². The molecule has 1 aromatic carbocycles. The van der Waals surface area contributed by atoms with Crippen LogP contribution in [0.4, 0.5) is 4.79 Å². The summed E-state index contributed by atoms with van der Waals surface area (Å²) in [6.07, 6.45) is -2.50. The van der Waals surface area contributed by atoms with E-state index in [4.69, 9.17) is 21.5 Å². The maximum absolute atomic E-state index is 10.7. The van der Waals surface area contributed by atoms with Gasteiger partial charge in [0.05, 0.1) is 0 Å². The van der Waals surface area contributed by atoms with Crippen molar-refractivity contribution in [1.29, 1.82) is 0 Å². The number of rotatable bonds is 3. The minimum absolute atomic E-state index is 0.345. The second-order valence-electron chi connectivity index (χ2n) is 3.65. The van der Waals surface area contributed by atoms with Crippen LogP contribution < -0.4 is 5.73 Å². The van der Waals surface area contributed by atoms with Gasteiger partial charge < -0.3 is 20.7 Å². The average Bonchev–Trinajstić information content (AvgIpc) is 2.27. The van der Waals surface area contributed by atoms with Crippen LogP contribution in [0, 0.1) is 0 Å². The van der Waals surface area contributed by atoms with Gasteiger partial charge in [0, 0.05) is 17.9 Å². The van der Waals surface area contributed by atoms with E-state index in [1.165, 1.54) is 6.92 Å². The molecule has 7 heteroatoms. The highest BCUT2D eigenvalue weighted by molar-refractivity contribution is 6.31. The molecule has 0 aliphatic heterocycles. The summed E-state index contributed by atoms with van der Waals surface area (Å²) >= 11 is 5.95. The summed E-state index contributed by atoms with van der Waals surface area (Å²) in [4.78, 5) is 19.4. The Kier molecular flexibility index (Phi) is 7.55. The summed E-state index contributed by atoms with van der Waals surface area (Å²) in [6.45, 7) is 3.00. The topological polar surface area (TPSA) is 110 Å². The van der Waals surface area contributed by atoms with E-state index >= 15 is 0 Å². The molecular formula is C12H16ClNO5. The first kappa shape index (κ1) is 17.2. The molecule has 1 aromatic rings. The number of hydrogen-bond acceptors (Lipinski definition) is 4. The lowest BCUT2D eigenvalue weighted by Gasteiger charge is -2.19. The van der Waals surface area contributed by atoms with E-state index < -0.39 is 18.4 Å². The van der Waals surface area contributed by atoms with Gasteiger partial charge in [0.15, 0.2) is 0 Å². The summed E-state index contributed by atoms with van der Waals surface area (Å²) in [5.41, 5.74) is 4.79. The number of benzene rings is 1. The first-order valence-corrected chi connectivity index (χ1v) is 5.71. The SMILES string of the molecule is CC(=O)OC(O)C(C)c1ccccc1Cl.NC(=O)O. The largest absolute Gasteiger partial charge is 0.465 e. The summed E-state index contributed by atoms with van der Waals surface area (Å²) in [7, 11) is 0. The molecule has 0 spiro atoms. The minimum Gasteiger partial charge on any atom is -0.465 e. The summed E-state index contributed by atoms with van der Waals surface area (Å²) < 4.78 is 4.68. The standard InChI is InChI=1S/C11H13ClO3.CH3NO2/c1-7(11(14)15-8(2)13)9-5-3-4-6-10(9)12;2-1(3)4/h3-7,11,14H,1-2H3;2H2,(H,3,4). The molecule has 1 rings (SSSR count). The minimum atomic E-state index is -1.33. The fourth-order valence-corrected chi connectivity index (χ4v) is 1.58. The van der Waals surface area contributed by atoms with E-state index in [1.54, 1.807) is 25.1 Å². The van der Waals surface area contributed by atoms with Crippen LogP contribution >= 0.6 is 11.6 Å². The molecule has 0 aliphatic rings. The van der Waals surface area contributed by atoms with Crippen LogP contribution in [-0.2, 0) is 9.53 Å². The van der Waals surface area contributed by atoms with E-state index in [1.807, 2.05) is 6.07 Å². The smallest absolute Gasteiger partial charge is 0.402 e. The van der Waals surface area contributed by atoms with Crippen LogP contribution in [-0.4, -0.2) is 28.6 Å². The van der Waals surface area contributed by atoms with Crippen LogP contribution in [0.3, 0.4) is 0 Å². The Morgan fingerprint density at radius 3 is 2.26 bits per heavy atom. The van der Waals surface area contributed by atoms with Gasteiger partial charge in [-0.25, -0.2) is 4.79 Å². The normalized spacial score (nSPS) is 12.6. The molecule has 106 valence electrons. The predicted molar refractivity (Wildman–Crippen MR) is 69.9 cm³/mol. The predicted octanol–water partition coefficient (Wildman–Crippen LogP) is 1.95. The third-order valence-electron chi connectivity index (χ3n) is 2.11. The number of carbonyl (C=O) groups is 2. The van der Waals surface area contributed by atoms with Gasteiger partial charge in [-0.2, -0.15) is 0 Å². The number of primary amides is 1. The average molecular weight is 290 g/mol. The number of carboxylic acid groups (broad SMARTS) is 1. The van der Waals surface area contributed by atoms with Gasteiger partial charge in [0.2, 0.25) is 6.29 Å². The lowest BCUT2D eigenvalue weighted by molar-refractivity contribution is -0.168. The molecule has 0 saturated carbocycles. The number of nitrogens with two attached hydrogens (primary N) is 1. The third-order valence-corrected chi connectivity index (χ3v) is 2.45. The zero-order valence-corrected chi connectivity index (χ0v) is 11.3. The first-order chi connectivity index (χ1) is 8.75. The van der Waals surface area contributed by atoms with Gasteiger partial charge in [0.1, 0.15) is 0 Å². The first-order valence-electron chi connectivity index (χ1n) is 5.33. The van der Waals surface area contributed by atoms with E-state index in [0.717, 1.165) is 5.56 Å². The monoisotopic (exact) mass is 289 g/mol.